The van der Waals surface area contributed by atoms with Gasteiger partial charge in [-0.15, -0.1) is 0 Å². The summed E-state index contributed by atoms with van der Waals surface area (Å²) < 4.78 is 5.09. The van der Waals surface area contributed by atoms with E-state index in [2.05, 4.69) is 24.3 Å². The molecular formula is C55H59LiN2O8S2. The number of carboxylic acid groups (broad SMARTS) is 1. The van der Waals surface area contributed by atoms with Crippen LogP contribution in [-0.4, -0.2) is 93.4 Å². The first-order valence-electron chi connectivity index (χ1n) is 22.1. The number of carbonyl (C=O) groups excluding carboxylic acids is 3. The van der Waals surface area contributed by atoms with Gasteiger partial charge in [-0.25, -0.2) is 9.59 Å². The molecule has 6 aromatic rings. The van der Waals surface area contributed by atoms with Gasteiger partial charge in [0.1, 0.15) is 12.1 Å². The molecule has 0 radical (unpaired) electrons. The molecule has 0 saturated carbocycles. The standard InChI is InChI=1S/C28H29NO3S.C27H27NO3S.Li.2H2O/c1-32-28(31)25-17-22(20-33-19-21-11-5-2-6-12-21)18-29(25)27(30)26(23-13-7-3-8-14-23)24-15-9-4-10-16-24;29-26(25(22-12-6-2-7-13-22)23-14-8-3-9-15-23)28-17-21(16-24(28)27(30)31)19-32-18-20-10-4-1-5-11-20;;;/h2-16,22,25-26H,17-20H2,1H3;1-15,21,24-25H,16-19H2,(H,30,31);;2*1H2/q;;+1;;/p-1/t22-,25-;21-,24-;;;/m00.../s1. The molecule has 2 saturated heterocycles. The first-order chi connectivity index (χ1) is 31.8. The number of carboxylic acids is 1. The molecule has 2 heterocycles. The molecule has 4 N–H and O–H groups in total. The summed E-state index contributed by atoms with van der Waals surface area (Å²) in [5.74, 6) is 1.57. The first kappa shape index (κ1) is 55.0. The van der Waals surface area contributed by atoms with E-state index < -0.39 is 29.9 Å². The van der Waals surface area contributed by atoms with E-state index in [4.69, 9.17) is 4.74 Å². The maximum Gasteiger partial charge on any atom is 1.00 e. The van der Waals surface area contributed by atoms with Crippen LogP contribution in [-0.2, 0) is 35.4 Å². The summed E-state index contributed by atoms with van der Waals surface area (Å²) >= 11 is 3.65. The van der Waals surface area contributed by atoms with Gasteiger partial charge >= 0.3 is 30.8 Å². The second-order valence-corrected chi connectivity index (χ2v) is 18.6. The van der Waals surface area contributed by atoms with Crippen LogP contribution in [0, 0.1) is 11.8 Å². The fraction of sp³-hybridized carbons (Fsp3) is 0.273. The summed E-state index contributed by atoms with van der Waals surface area (Å²) in [6, 6.07) is 58.2. The van der Waals surface area contributed by atoms with Crippen LogP contribution >= 0.6 is 23.5 Å². The van der Waals surface area contributed by atoms with Crippen LogP contribution in [0.15, 0.2) is 182 Å². The van der Waals surface area contributed by atoms with Crippen molar-refractivity contribution in [1.82, 2.24) is 9.80 Å². The van der Waals surface area contributed by atoms with Crippen LogP contribution < -0.4 is 18.9 Å². The molecule has 0 bridgehead atoms. The van der Waals surface area contributed by atoms with Crippen LogP contribution in [0.3, 0.4) is 0 Å². The number of hydrogen-bond donors (Lipinski definition) is 1. The zero-order valence-corrected chi connectivity index (χ0v) is 40.2. The zero-order valence-electron chi connectivity index (χ0n) is 38.6. The van der Waals surface area contributed by atoms with E-state index in [0.29, 0.717) is 25.9 Å². The van der Waals surface area contributed by atoms with Crippen molar-refractivity contribution in [3.05, 3.63) is 215 Å². The number of benzene rings is 6. The number of nitrogens with zero attached hydrogens (tertiary/aromatic N) is 2. The summed E-state index contributed by atoms with van der Waals surface area (Å²) in [5, 5.41) is 9.88. The van der Waals surface area contributed by atoms with Gasteiger partial charge in [0.05, 0.1) is 18.9 Å². The van der Waals surface area contributed by atoms with Crippen molar-refractivity contribution in [3.8, 4) is 0 Å². The Morgan fingerprint density at radius 1 is 0.529 bits per heavy atom. The number of methoxy groups -OCH3 is 1. The number of amides is 2. The molecule has 2 aliphatic heterocycles. The van der Waals surface area contributed by atoms with Crippen LogP contribution in [0.25, 0.3) is 0 Å². The van der Waals surface area contributed by atoms with Gasteiger partial charge in [0.25, 0.3) is 0 Å². The molecular weight excluding hydrogens is 888 g/mol. The van der Waals surface area contributed by atoms with E-state index in [1.165, 1.54) is 18.2 Å². The molecule has 0 unspecified atom stereocenters. The summed E-state index contributed by atoms with van der Waals surface area (Å²) in [5.41, 5.74) is 6.17. The maximum absolute atomic E-state index is 13.9. The van der Waals surface area contributed by atoms with Gasteiger partial charge in [-0.05, 0) is 69.6 Å². The second kappa shape index (κ2) is 28.0. The maximum atomic E-state index is 13.9. The Morgan fingerprint density at radius 2 is 0.824 bits per heavy atom. The van der Waals surface area contributed by atoms with E-state index >= 15 is 0 Å². The SMILES string of the molecule is COC(=O)[C@@H]1C[C@H](CSCc2ccccc2)CN1C(=O)C(c1ccccc1)c1ccccc1.O.O=C(O)[C@@H]1C[C@H](CSCc2ccccc2)CN1C(=O)C(c1ccccc1)c1ccccc1.[Li+].[OH-]. The Bertz CT molecular complexity index is 2350. The van der Waals surface area contributed by atoms with E-state index in [1.807, 2.05) is 169 Å². The third-order valence-corrected chi connectivity index (χ3v) is 14.5. The number of ether oxygens (including phenoxy) is 1. The van der Waals surface area contributed by atoms with Crippen molar-refractivity contribution in [2.24, 2.45) is 11.8 Å². The molecule has 10 nitrogen and oxygen atoms in total. The first-order valence-corrected chi connectivity index (χ1v) is 24.5. The number of carbonyl (C=O) groups is 4. The largest absolute Gasteiger partial charge is 1.00 e. The Kier molecular flexibility index (Phi) is 22.7. The molecule has 2 aliphatic rings. The molecule has 8 rings (SSSR count). The van der Waals surface area contributed by atoms with Gasteiger partial charge in [0.2, 0.25) is 11.8 Å². The Hall–Kier alpha value is -5.58. The number of thioether (sulfide) groups is 2. The van der Waals surface area contributed by atoms with Crippen molar-refractivity contribution >= 4 is 47.3 Å². The van der Waals surface area contributed by atoms with Gasteiger partial charge in [-0.1, -0.05) is 182 Å². The number of aliphatic carboxylic acids is 1. The summed E-state index contributed by atoms with van der Waals surface area (Å²) in [7, 11) is 1.40. The van der Waals surface area contributed by atoms with Crippen molar-refractivity contribution in [3.63, 3.8) is 0 Å². The molecule has 4 atom stereocenters. The minimum atomic E-state index is -0.922. The monoisotopic (exact) mass is 946 g/mol. The number of rotatable bonds is 16. The quantitative estimate of drug-likeness (QED) is 0.0879. The molecule has 0 spiro atoms. The molecule has 2 amide bonds. The van der Waals surface area contributed by atoms with Crippen molar-refractivity contribution in [1.29, 1.82) is 0 Å². The Labute approximate surface area is 420 Å². The predicted octanol–water partition coefficient (Wildman–Crippen LogP) is 6.20. The molecule has 6 aromatic carbocycles. The average Bonchev–Trinajstić information content (AvgIpc) is 3.99. The fourth-order valence-corrected chi connectivity index (χ4v) is 11.1. The van der Waals surface area contributed by atoms with Gasteiger partial charge in [0.15, 0.2) is 0 Å². The van der Waals surface area contributed by atoms with E-state index in [9.17, 15) is 24.3 Å². The van der Waals surface area contributed by atoms with Gasteiger partial charge in [-0.3, -0.25) is 9.59 Å². The number of hydrogen-bond acceptors (Lipinski definition) is 8. The summed E-state index contributed by atoms with van der Waals surface area (Å²) in [6.45, 7) is 1.05. The number of likely N-dealkylation sites (tertiary alicyclic amines) is 2. The normalized spacial score (nSPS) is 17.2. The van der Waals surface area contributed by atoms with Crippen molar-refractivity contribution in [2.45, 2.75) is 48.3 Å². The smallest absolute Gasteiger partial charge is 0.870 e. The van der Waals surface area contributed by atoms with E-state index in [0.717, 1.165) is 45.3 Å². The van der Waals surface area contributed by atoms with Crippen molar-refractivity contribution in [2.75, 3.05) is 31.7 Å². The number of esters is 1. The molecule has 13 heteroatoms. The van der Waals surface area contributed by atoms with Crippen LogP contribution in [0.1, 0.15) is 58.1 Å². The minimum absolute atomic E-state index is 0. The Balaban J connectivity index is 0.000000284. The fourth-order valence-electron chi connectivity index (χ4n) is 8.87. The van der Waals surface area contributed by atoms with Crippen molar-refractivity contribution < 1.29 is 58.8 Å². The van der Waals surface area contributed by atoms with Crippen LogP contribution in [0.4, 0.5) is 0 Å². The molecule has 350 valence electrons. The topological polar surface area (TPSA) is 166 Å². The summed E-state index contributed by atoms with van der Waals surface area (Å²) in [4.78, 5) is 55.7. The molecule has 0 aliphatic carbocycles. The van der Waals surface area contributed by atoms with Crippen LogP contribution in [0.2, 0.25) is 0 Å². The third-order valence-electron chi connectivity index (χ3n) is 12.1. The minimum Gasteiger partial charge on any atom is -0.870 e. The van der Waals surface area contributed by atoms with Gasteiger partial charge < -0.3 is 30.6 Å². The second-order valence-electron chi connectivity index (χ2n) is 16.6. The van der Waals surface area contributed by atoms with Gasteiger partial charge in [0, 0.05) is 24.6 Å². The zero-order chi connectivity index (χ0) is 45.4. The van der Waals surface area contributed by atoms with Gasteiger partial charge in [-0.2, -0.15) is 23.5 Å². The molecule has 0 aromatic heterocycles. The third kappa shape index (κ3) is 14.7. The van der Waals surface area contributed by atoms with E-state index in [-0.39, 0.29) is 59.4 Å². The molecule has 2 fully saturated rings. The Morgan fingerprint density at radius 3 is 1.13 bits per heavy atom. The van der Waals surface area contributed by atoms with Crippen LogP contribution in [0.5, 0.6) is 0 Å². The predicted molar refractivity (Wildman–Crippen MR) is 267 cm³/mol. The summed E-state index contributed by atoms with van der Waals surface area (Å²) in [6.07, 6.45) is 1.13. The average molecular weight is 947 g/mol. The molecule has 68 heavy (non-hydrogen) atoms. The van der Waals surface area contributed by atoms with E-state index in [1.54, 1.807) is 21.6 Å².